The maximum atomic E-state index is 10.9. The van der Waals surface area contributed by atoms with Crippen molar-refractivity contribution in [2.45, 2.75) is 25.7 Å². The molecule has 19 heavy (non-hydrogen) atoms. The largest absolute Gasteiger partial charge is 0.508 e. The molecule has 1 aromatic rings. The number of carboxylic acids is 1. The van der Waals surface area contributed by atoms with Gasteiger partial charge < -0.3 is 15.5 Å². The van der Waals surface area contributed by atoms with Crippen LogP contribution in [0.4, 0.5) is 5.69 Å². The number of phenols is 1. The Balaban J connectivity index is 0.00000180. The summed E-state index contributed by atoms with van der Waals surface area (Å²) in [5, 5.41) is 21.5. The first-order valence-corrected chi connectivity index (χ1v) is 6.03. The molecule has 0 aromatic heterocycles. The second kappa shape index (κ2) is 6.99. The van der Waals surface area contributed by atoms with E-state index >= 15 is 0 Å². The van der Waals surface area contributed by atoms with Crippen LogP contribution in [-0.4, -0.2) is 28.6 Å². The van der Waals surface area contributed by atoms with Crippen molar-refractivity contribution in [3.63, 3.8) is 0 Å². The van der Waals surface area contributed by atoms with Gasteiger partial charge >= 0.3 is 5.97 Å². The van der Waals surface area contributed by atoms with Gasteiger partial charge in [-0.3, -0.25) is 4.99 Å². The number of aromatic hydroxyl groups is 1. The van der Waals surface area contributed by atoms with Crippen molar-refractivity contribution < 1.29 is 15.0 Å². The van der Waals surface area contributed by atoms with E-state index in [9.17, 15) is 9.90 Å². The smallest absolute Gasteiger partial charge is 0.335 e. The van der Waals surface area contributed by atoms with Gasteiger partial charge in [0.05, 0.1) is 5.56 Å². The van der Waals surface area contributed by atoms with E-state index in [1.165, 1.54) is 18.2 Å². The number of hydrogen-bond acceptors (Lipinski definition) is 4. The van der Waals surface area contributed by atoms with E-state index in [1.54, 1.807) is 0 Å². The Morgan fingerprint density at radius 3 is 2.74 bits per heavy atom. The molecule has 1 aliphatic rings. The average molecular weight is 285 g/mol. The molecule has 0 amide bonds. The summed E-state index contributed by atoms with van der Waals surface area (Å²) in [5.74, 6) is -0.266. The van der Waals surface area contributed by atoms with E-state index in [0.717, 1.165) is 38.1 Å². The lowest BCUT2D eigenvalue weighted by Gasteiger charge is -2.09. The number of hydrogen-bond donors (Lipinski definition) is 3. The van der Waals surface area contributed by atoms with E-state index in [1.807, 2.05) is 0 Å². The predicted octanol–water partition coefficient (Wildman–Crippen LogP) is 2.90. The average Bonchev–Trinajstić information content (AvgIpc) is 2.57. The Kier molecular flexibility index (Phi) is 5.63. The molecular formula is C13H17ClN2O3. The molecule has 5 nitrogen and oxygen atoms in total. The summed E-state index contributed by atoms with van der Waals surface area (Å²) in [6, 6.07) is 4.22. The van der Waals surface area contributed by atoms with Crippen molar-refractivity contribution in [2.75, 3.05) is 11.9 Å². The van der Waals surface area contributed by atoms with Crippen LogP contribution in [0.25, 0.3) is 0 Å². The first kappa shape index (κ1) is 15.3. The van der Waals surface area contributed by atoms with E-state index in [4.69, 9.17) is 5.11 Å². The van der Waals surface area contributed by atoms with Gasteiger partial charge in [0.15, 0.2) is 0 Å². The fourth-order valence-electron chi connectivity index (χ4n) is 1.95. The van der Waals surface area contributed by atoms with Crippen LogP contribution >= 0.6 is 12.4 Å². The van der Waals surface area contributed by atoms with Crippen molar-refractivity contribution in [2.24, 2.45) is 4.99 Å². The highest BCUT2D eigenvalue weighted by atomic mass is 35.5. The normalized spacial score (nSPS) is 14.8. The Morgan fingerprint density at radius 2 is 2.00 bits per heavy atom. The molecule has 0 saturated heterocycles. The number of amidine groups is 1. The van der Waals surface area contributed by atoms with Gasteiger partial charge in [0.2, 0.25) is 0 Å². The van der Waals surface area contributed by atoms with E-state index < -0.39 is 5.97 Å². The monoisotopic (exact) mass is 284 g/mol. The van der Waals surface area contributed by atoms with Crippen LogP contribution in [0.1, 0.15) is 36.0 Å². The zero-order chi connectivity index (χ0) is 13.0. The van der Waals surface area contributed by atoms with Crippen LogP contribution in [-0.2, 0) is 0 Å². The van der Waals surface area contributed by atoms with Gasteiger partial charge in [-0.05, 0) is 25.0 Å². The number of benzene rings is 1. The van der Waals surface area contributed by atoms with Crippen LogP contribution in [0.3, 0.4) is 0 Å². The summed E-state index contributed by atoms with van der Waals surface area (Å²) >= 11 is 0. The van der Waals surface area contributed by atoms with Gasteiger partial charge in [0.1, 0.15) is 11.6 Å². The van der Waals surface area contributed by atoms with Crippen molar-refractivity contribution in [3.05, 3.63) is 23.8 Å². The predicted molar refractivity (Wildman–Crippen MR) is 76.7 cm³/mol. The summed E-state index contributed by atoms with van der Waals surface area (Å²) in [5.41, 5.74) is 0.625. The molecule has 0 fully saturated rings. The minimum Gasteiger partial charge on any atom is -0.508 e. The summed E-state index contributed by atoms with van der Waals surface area (Å²) in [4.78, 5) is 15.3. The van der Waals surface area contributed by atoms with Gasteiger partial charge in [-0.1, -0.05) is 6.42 Å². The fraction of sp³-hybridized carbons (Fsp3) is 0.385. The highest BCUT2D eigenvalue weighted by Crippen LogP contribution is 2.21. The maximum absolute atomic E-state index is 10.9. The molecule has 1 aliphatic heterocycles. The zero-order valence-electron chi connectivity index (χ0n) is 10.4. The molecule has 0 bridgehead atoms. The topological polar surface area (TPSA) is 81.9 Å². The summed E-state index contributed by atoms with van der Waals surface area (Å²) in [6.45, 7) is 0.799. The van der Waals surface area contributed by atoms with Crippen LogP contribution < -0.4 is 5.32 Å². The Bertz CT molecular complexity index is 489. The number of nitrogens with one attached hydrogen (secondary N) is 1. The highest BCUT2D eigenvalue weighted by molar-refractivity contribution is 5.97. The molecule has 0 atom stereocenters. The second-order valence-corrected chi connectivity index (χ2v) is 4.34. The summed E-state index contributed by atoms with van der Waals surface area (Å²) < 4.78 is 0. The minimum atomic E-state index is -1.06. The van der Waals surface area contributed by atoms with Crippen molar-refractivity contribution in [1.82, 2.24) is 0 Å². The SMILES string of the molecule is Cl.O=C(O)c1cc(O)cc(NC2=NCCCCC2)c1. The van der Waals surface area contributed by atoms with Gasteiger partial charge in [0.25, 0.3) is 0 Å². The molecule has 1 heterocycles. The third kappa shape index (κ3) is 4.44. The number of carboxylic acid groups (broad SMARTS) is 1. The van der Waals surface area contributed by atoms with Crippen molar-refractivity contribution in [1.29, 1.82) is 0 Å². The lowest BCUT2D eigenvalue weighted by molar-refractivity contribution is 0.0696. The van der Waals surface area contributed by atoms with Crippen LogP contribution in [0.2, 0.25) is 0 Å². The lowest BCUT2D eigenvalue weighted by atomic mass is 10.1. The van der Waals surface area contributed by atoms with Gasteiger partial charge in [-0.15, -0.1) is 12.4 Å². The Morgan fingerprint density at radius 1 is 1.21 bits per heavy atom. The Labute approximate surface area is 117 Å². The van der Waals surface area contributed by atoms with Gasteiger partial charge in [-0.25, -0.2) is 4.79 Å². The zero-order valence-corrected chi connectivity index (χ0v) is 11.2. The summed E-state index contributed by atoms with van der Waals surface area (Å²) in [6.07, 6.45) is 4.19. The van der Waals surface area contributed by atoms with E-state index in [2.05, 4.69) is 10.3 Å². The Hall–Kier alpha value is -1.75. The molecule has 0 radical (unpaired) electrons. The number of aromatic carboxylic acids is 1. The quantitative estimate of drug-likeness (QED) is 0.780. The molecule has 3 N–H and O–H groups in total. The van der Waals surface area contributed by atoms with Crippen LogP contribution in [0, 0.1) is 0 Å². The number of aliphatic imine (C=N–C) groups is 1. The molecular weight excluding hydrogens is 268 g/mol. The molecule has 104 valence electrons. The third-order valence-electron chi connectivity index (χ3n) is 2.83. The second-order valence-electron chi connectivity index (χ2n) is 4.34. The number of rotatable bonds is 2. The van der Waals surface area contributed by atoms with Crippen molar-refractivity contribution >= 4 is 29.9 Å². The fourth-order valence-corrected chi connectivity index (χ4v) is 1.95. The number of anilines is 1. The molecule has 1 aromatic carbocycles. The molecule has 6 heteroatoms. The third-order valence-corrected chi connectivity index (χ3v) is 2.83. The van der Waals surface area contributed by atoms with E-state index in [0.29, 0.717) is 5.69 Å². The molecule has 0 spiro atoms. The summed E-state index contributed by atoms with van der Waals surface area (Å²) in [7, 11) is 0. The highest BCUT2D eigenvalue weighted by Gasteiger charge is 2.09. The standard InChI is InChI=1S/C13H16N2O3.ClH/c16-11-7-9(13(17)18)6-10(8-11)15-12-4-2-1-3-5-14-12;/h6-8,16H,1-5H2,(H,14,15)(H,17,18);1H. The molecule has 0 saturated carbocycles. The minimum absolute atomic E-state index is 0. The number of phenolic OH excluding ortho intramolecular Hbond substituents is 1. The maximum Gasteiger partial charge on any atom is 0.335 e. The molecule has 2 rings (SSSR count). The number of nitrogens with zero attached hydrogens (tertiary/aromatic N) is 1. The first-order chi connectivity index (χ1) is 8.65. The van der Waals surface area contributed by atoms with Crippen molar-refractivity contribution in [3.8, 4) is 5.75 Å². The number of halogens is 1. The lowest BCUT2D eigenvalue weighted by Crippen LogP contribution is -2.12. The van der Waals surface area contributed by atoms with Gasteiger partial charge in [-0.2, -0.15) is 0 Å². The number of carbonyl (C=O) groups is 1. The van der Waals surface area contributed by atoms with Gasteiger partial charge in [0, 0.05) is 24.7 Å². The molecule has 0 aliphatic carbocycles. The van der Waals surface area contributed by atoms with E-state index in [-0.39, 0.29) is 23.7 Å². The van der Waals surface area contributed by atoms with Crippen LogP contribution in [0.15, 0.2) is 23.2 Å². The first-order valence-electron chi connectivity index (χ1n) is 6.03. The van der Waals surface area contributed by atoms with Crippen LogP contribution in [0.5, 0.6) is 5.75 Å². The molecule has 0 unspecified atom stereocenters.